The van der Waals surface area contributed by atoms with Crippen LogP contribution in [0.3, 0.4) is 0 Å². The number of likely N-dealkylation sites (tertiary alicyclic amines) is 1. The molecule has 0 saturated carbocycles. The Bertz CT molecular complexity index is 1090. The Labute approximate surface area is 185 Å². The third kappa shape index (κ3) is 4.96. The summed E-state index contributed by atoms with van der Waals surface area (Å²) in [5, 5.41) is 17.4. The lowest BCUT2D eigenvalue weighted by molar-refractivity contribution is -0.129. The monoisotopic (exact) mass is 438 g/mol. The van der Waals surface area contributed by atoms with Crippen molar-refractivity contribution in [2.45, 2.75) is 45.6 Å². The van der Waals surface area contributed by atoms with Gasteiger partial charge in [-0.2, -0.15) is 5.10 Å². The second kappa shape index (κ2) is 9.34. The fraction of sp³-hybridized carbons (Fsp3) is 0.429. The Balaban J connectivity index is 1.55. The zero-order chi connectivity index (χ0) is 21.8. The van der Waals surface area contributed by atoms with Crippen LogP contribution >= 0.6 is 11.3 Å². The van der Waals surface area contributed by atoms with E-state index in [4.69, 9.17) is 4.98 Å². The van der Waals surface area contributed by atoms with Crippen LogP contribution in [-0.2, 0) is 18.3 Å². The van der Waals surface area contributed by atoms with Crippen LogP contribution in [0.2, 0.25) is 0 Å². The molecule has 0 bridgehead atoms. The summed E-state index contributed by atoms with van der Waals surface area (Å²) in [6, 6.07) is 3.60. The summed E-state index contributed by atoms with van der Waals surface area (Å²) in [7, 11) is 1.85. The molecule has 0 aliphatic carbocycles. The SMILES string of the molecule is CCc1nnc(Nc2cc(C)nc(C3CCCCN3C(=O)/C=C/c3ccnn3C)n2)s1. The van der Waals surface area contributed by atoms with Gasteiger partial charge in [0.25, 0.3) is 0 Å². The summed E-state index contributed by atoms with van der Waals surface area (Å²) < 4.78 is 1.73. The molecule has 1 unspecified atom stereocenters. The van der Waals surface area contributed by atoms with Crippen LogP contribution in [0.4, 0.5) is 10.9 Å². The molecule has 0 aromatic carbocycles. The Kier molecular flexibility index (Phi) is 6.36. The lowest BCUT2D eigenvalue weighted by Crippen LogP contribution is -2.38. The third-order valence-electron chi connectivity index (χ3n) is 5.22. The van der Waals surface area contributed by atoms with Crippen molar-refractivity contribution in [3.05, 3.63) is 46.6 Å². The molecular formula is C21H26N8OS. The average molecular weight is 439 g/mol. The van der Waals surface area contributed by atoms with Gasteiger partial charge < -0.3 is 10.2 Å². The fourth-order valence-electron chi connectivity index (χ4n) is 3.62. The molecular weight excluding hydrogens is 412 g/mol. The molecule has 1 amide bonds. The molecule has 1 aliphatic rings. The first-order chi connectivity index (χ1) is 15.0. The highest BCUT2D eigenvalue weighted by Crippen LogP contribution is 2.30. The summed E-state index contributed by atoms with van der Waals surface area (Å²) >= 11 is 1.51. The number of nitrogens with one attached hydrogen (secondary N) is 1. The van der Waals surface area contributed by atoms with Crippen molar-refractivity contribution in [2.24, 2.45) is 7.05 Å². The Hall–Kier alpha value is -3.14. The van der Waals surface area contributed by atoms with Crippen molar-refractivity contribution in [3.63, 3.8) is 0 Å². The molecule has 1 N–H and O–H groups in total. The van der Waals surface area contributed by atoms with Crippen molar-refractivity contribution < 1.29 is 4.79 Å². The van der Waals surface area contributed by atoms with Gasteiger partial charge >= 0.3 is 0 Å². The van der Waals surface area contributed by atoms with E-state index in [1.165, 1.54) is 11.3 Å². The Morgan fingerprint density at radius 2 is 2.19 bits per heavy atom. The van der Waals surface area contributed by atoms with Crippen LogP contribution in [-0.4, -0.2) is 47.3 Å². The van der Waals surface area contributed by atoms with Gasteiger partial charge in [0.05, 0.1) is 11.7 Å². The lowest BCUT2D eigenvalue weighted by Gasteiger charge is -2.34. The second-order valence-electron chi connectivity index (χ2n) is 7.49. The van der Waals surface area contributed by atoms with E-state index >= 15 is 0 Å². The quantitative estimate of drug-likeness (QED) is 0.588. The highest BCUT2D eigenvalue weighted by molar-refractivity contribution is 7.15. The van der Waals surface area contributed by atoms with Crippen LogP contribution in [0.1, 0.15) is 54.4 Å². The predicted octanol–water partition coefficient (Wildman–Crippen LogP) is 3.44. The Morgan fingerprint density at radius 1 is 1.32 bits per heavy atom. The number of aromatic nitrogens is 6. The molecule has 3 aromatic rings. The minimum Gasteiger partial charge on any atom is -0.329 e. The van der Waals surface area contributed by atoms with Crippen molar-refractivity contribution in [1.82, 2.24) is 34.8 Å². The first-order valence-corrected chi connectivity index (χ1v) is 11.3. The van der Waals surface area contributed by atoms with E-state index in [1.54, 1.807) is 23.0 Å². The lowest BCUT2D eigenvalue weighted by atomic mass is 10.0. The molecule has 1 atom stereocenters. The van der Waals surface area contributed by atoms with Crippen LogP contribution in [0.15, 0.2) is 24.4 Å². The van der Waals surface area contributed by atoms with E-state index in [9.17, 15) is 4.79 Å². The van der Waals surface area contributed by atoms with Gasteiger partial charge in [-0.3, -0.25) is 9.48 Å². The molecule has 1 aliphatic heterocycles. The number of amides is 1. The highest BCUT2D eigenvalue weighted by Gasteiger charge is 2.29. The molecule has 4 rings (SSSR count). The number of rotatable bonds is 6. The van der Waals surface area contributed by atoms with E-state index in [0.717, 1.165) is 42.1 Å². The van der Waals surface area contributed by atoms with Gasteiger partial charge in [-0.25, -0.2) is 9.97 Å². The molecule has 10 heteroatoms. The van der Waals surface area contributed by atoms with Crippen LogP contribution in [0.25, 0.3) is 6.08 Å². The highest BCUT2D eigenvalue weighted by atomic mass is 32.1. The molecule has 0 spiro atoms. The van der Waals surface area contributed by atoms with Crippen molar-refractivity contribution in [2.75, 3.05) is 11.9 Å². The van der Waals surface area contributed by atoms with Crippen LogP contribution in [0.5, 0.6) is 0 Å². The van der Waals surface area contributed by atoms with Crippen LogP contribution in [0, 0.1) is 6.92 Å². The normalized spacial score (nSPS) is 16.7. The number of hydrogen-bond acceptors (Lipinski definition) is 8. The topological polar surface area (TPSA) is 102 Å². The molecule has 31 heavy (non-hydrogen) atoms. The maximum Gasteiger partial charge on any atom is 0.247 e. The summed E-state index contributed by atoms with van der Waals surface area (Å²) in [6.45, 7) is 4.68. The van der Waals surface area contributed by atoms with Gasteiger partial charge in [-0.15, -0.1) is 10.2 Å². The standard InChI is InChI=1S/C21H26N8OS/c1-4-18-26-27-21(31-18)25-17-13-14(2)23-20(24-17)16-7-5-6-12-29(16)19(30)9-8-15-10-11-22-28(15)3/h8-11,13,16H,4-7,12H2,1-3H3,(H,23,24,25,27)/b9-8+. The van der Waals surface area contributed by atoms with Gasteiger partial charge in [0, 0.05) is 37.6 Å². The number of carbonyl (C=O) groups excluding carboxylic acids is 1. The van der Waals surface area contributed by atoms with Crippen molar-refractivity contribution in [1.29, 1.82) is 0 Å². The first-order valence-electron chi connectivity index (χ1n) is 10.4. The van der Waals surface area contributed by atoms with E-state index in [0.29, 0.717) is 23.3 Å². The minimum absolute atomic E-state index is 0.0396. The predicted molar refractivity (Wildman–Crippen MR) is 120 cm³/mol. The number of carbonyl (C=O) groups is 1. The maximum absolute atomic E-state index is 13.0. The van der Waals surface area contributed by atoms with Gasteiger partial charge in [-0.05, 0) is 44.7 Å². The van der Waals surface area contributed by atoms with Gasteiger partial charge in [0.1, 0.15) is 10.8 Å². The second-order valence-corrected chi connectivity index (χ2v) is 8.55. The number of piperidine rings is 1. The number of nitrogens with zero attached hydrogens (tertiary/aromatic N) is 7. The Morgan fingerprint density at radius 3 is 2.94 bits per heavy atom. The summed E-state index contributed by atoms with van der Waals surface area (Å²) in [6.07, 6.45) is 8.82. The molecule has 9 nitrogen and oxygen atoms in total. The number of aryl methyl sites for hydroxylation is 3. The summed E-state index contributed by atoms with van der Waals surface area (Å²) in [5.74, 6) is 1.29. The molecule has 0 radical (unpaired) electrons. The molecule has 1 fully saturated rings. The summed E-state index contributed by atoms with van der Waals surface area (Å²) in [4.78, 5) is 24.3. The average Bonchev–Trinajstić information content (AvgIpc) is 3.40. The van der Waals surface area contributed by atoms with Gasteiger partial charge in [0.2, 0.25) is 11.0 Å². The molecule has 1 saturated heterocycles. The zero-order valence-corrected chi connectivity index (χ0v) is 18.8. The van der Waals surface area contributed by atoms with Gasteiger partial charge in [0.15, 0.2) is 5.82 Å². The fourth-order valence-corrected chi connectivity index (χ4v) is 4.31. The molecule has 3 aromatic heterocycles. The van der Waals surface area contributed by atoms with Gasteiger partial charge in [-0.1, -0.05) is 18.3 Å². The van der Waals surface area contributed by atoms with Crippen molar-refractivity contribution in [3.8, 4) is 0 Å². The smallest absolute Gasteiger partial charge is 0.247 e. The first kappa shape index (κ1) is 21.1. The minimum atomic E-state index is -0.154. The van der Waals surface area contributed by atoms with E-state index in [2.05, 4.69) is 32.5 Å². The van der Waals surface area contributed by atoms with E-state index in [1.807, 2.05) is 31.0 Å². The third-order valence-corrected chi connectivity index (χ3v) is 6.20. The summed E-state index contributed by atoms with van der Waals surface area (Å²) in [5.41, 5.74) is 1.72. The number of anilines is 2. The van der Waals surface area contributed by atoms with E-state index < -0.39 is 0 Å². The van der Waals surface area contributed by atoms with E-state index in [-0.39, 0.29) is 11.9 Å². The molecule has 162 valence electrons. The number of hydrogen-bond donors (Lipinski definition) is 1. The largest absolute Gasteiger partial charge is 0.329 e. The zero-order valence-electron chi connectivity index (χ0n) is 17.9. The van der Waals surface area contributed by atoms with Crippen LogP contribution < -0.4 is 5.32 Å². The maximum atomic E-state index is 13.0. The van der Waals surface area contributed by atoms with Crippen molar-refractivity contribution >= 4 is 34.3 Å². The molecule has 4 heterocycles.